The smallest absolute Gasteiger partial charge is 0.172 e. The zero-order chi connectivity index (χ0) is 18.1. The maximum absolute atomic E-state index is 12.4. The Hall–Kier alpha value is -3.35. The van der Waals surface area contributed by atoms with E-state index in [-0.39, 0.29) is 12.2 Å². The zero-order valence-electron chi connectivity index (χ0n) is 14.6. The Kier molecular flexibility index (Phi) is 4.04. The van der Waals surface area contributed by atoms with Gasteiger partial charge in [0.2, 0.25) is 0 Å². The first-order valence-electron chi connectivity index (χ1n) is 8.43. The molecule has 1 aromatic carbocycles. The van der Waals surface area contributed by atoms with Crippen molar-refractivity contribution in [1.82, 2.24) is 29.5 Å². The van der Waals surface area contributed by atoms with Crippen molar-refractivity contribution >= 4 is 16.7 Å². The van der Waals surface area contributed by atoms with Crippen LogP contribution in [-0.2, 0) is 20.0 Å². The van der Waals surface area contributed by atoms with E-state index in [1.54, 1.807) is 23.4 Å². The van der Waals surface area contributed by atoms with E-state index in [1.807, 2.05) is 49.0 Å². The molecule has 0 fully saturated rings. The summed E-state index contributed by atoms with van der Waals surface area (Å²) in [6.07, 6.45) is 7.16. The normalized spacial score (nSPS) is 11.2. The van der Waals surface area contributed by atoms with Crippen LogP contribution in [0, 0.1) is 0 Å². The highest BCUT2D eigenvalue weighted by atomic mass is 16.1. The number of hydrogen-bond acceptors (Lipinski definition) is 5. The van der Waals surface area contributed by atoms with Gasteiger partial charge in [-0.3, -0.25) is 9.48 Å². The second-order valence-corrected chi connectivity index (χ2v) is 6.18. The Balaban J connectivity index is 1.64. The minimum atomic E-state index is -0.0128. The van der Waals surface area contributed by atoms with Gasteiger partial charge in [-0.05, 0) is 25.1 Å². The number of Topliss-reactive ketones (excluding diaryl/α,β-unsaturated/α-hetero) is 1. The molecule has 0 aliphatic rings. The van der Waals surface area contributed by atoms with Crippen molar-refractivity contribution in [3.05, 3.63) is 60.4 Å². The number of aryl methyl sites for hydroxylation is 2. The highest BCUT2D eigenvalue weighted by Crippen LogP contribution is 2.23. The number of imidazole rings is 1. The van der Waals surface area contributed by atoms with E-state index in [0.717, 1.165) is 28.7 Å². The van der Waals surface area contributed by atoms with Crippen LogP contribution in [0.1, 0.15) is 23.0 Å². The summed E-state index contributed by atoms with van der Waals surface area (Å²) >= 11 is 0. The van der Waals surface area contributed by atoms with Crippen LogP contribution in [0.5, 0.6) is 0 Å². The molecule has 0 spiro atoms. The number of fused-ring (bicyclic) bond motifs is 1. The number of nitrogens with zero attached hydrogens (tertiary/aromatic N) is 6. The molecule has 0 unspecified atom stereocenters. The van der Waals surface area contributed by atoms with Crippen molar-refractivity contribution in [3.8, 4) is 11.3 Å². The molecule has 0 atom stereocenters. The third kappa shape index (κ3) is 2.99. The second-order valence-electron chi connectivity index (χ2n) is 6.18. The predicted molar refractivity (Wildman–Crippen MR) is 97.7 cm³/mol. The van der Waals surface area contributed by atoms with Crippen LogP contribution in [0.4, 0.5) is 0 Å². The Morgan fingerprint density at radius 1 is 1.15 bits per heavy atom. The van der Waals surface area contributed by atoms with Crippen LogP contribution in [-0.4, -0.2) is 35.3 Å². The van der Waals surface area contributed by atoms with Crippen LogP contribution < -0.4 is 0 Å². The number of ketones is 1. The van der Waals surface area contributed by atoms with Gasteiger partial charge in [0, 0.05) is 30.7 Å². The molecule has 0 bridgehead atoms. The van der Waals surface area contributed by atoms with E-state index in [0.29, 0.717) is 11.3 Å². The molecule has 7 heteroatoms. The lowest BCUT2D eigenvalue weighted by molar-refractivity contribution is 0.0991. The quantitative estimate of drug-likeness (QED) is 0.519. The van der Waals surface area contributed by atoms with Crippen LogP contribution >= 0.6 is 0 Å². The van der Waals surface area contributed by atoms with Crippen LogP contribution in [0.3, 0.4) is 0 Å². The molecule has 0 aliphatic heterocycles. The number of benzene rings is 1. The molecule has 0 aliphatic carbocycles. The topological polar surface area (TPSA) is 78.5 Å². The van der Waals surface area contributed by atoms with E-state index in [9.17, 15) is 4.79 Å². The van der Waals surface area contributed by atoms with Gasteiger partial charge in [-0.1, -0.05) is 6.07 Å². The number of hydrogen-bond donors (Lipinski definition) is 0. The molecule has 4 aromatic rings. The molecule has 0 saturated heterocycles. The first kappa shape index (κ1) is 16.1. The summed E-state index contributed by atoms with van der Waals surface area (Å²) in [6, 6.07) is 7.90. The summed E-state index contributed by atoms with van der Waals surface area (Å²) in [6.45, 7) is 2.72. The Labute approximate surface area is 150 Å². The first-order valence-corrected chi connectivity index (χ1v) is 8.43. The van der Waals surface area contributed by atoms with Gasteiger partial charge in [-0.2, -0.15) is 15.3 Å². The fourth-order valence-electron chi connectivity index (χ4n) is 2.92. The van der Waals surface area contributed by atoms with Gasteiger partial charge in [-0.15, -0.1) is 0 Å². The van der Waals surface area contributed by atoms with Crippen LogP contribution in [0.15, 0.2) is 49.2 Å². The van der Waals surface area contributed by atoms with Crippen molar-refractivity contribution in [3.63, 3.8) is 0 Å². The van der Waals surface area contributed by atoms with E-state index < -0.39 is 0 Å². The fraction of sp³-hybridized carbons (Fsp3) is 0.211. The lowest BCUT2D eigenvalue weighted by Gasteiger charge is -2.05. The minimum Gasteiger partial charge on any atom is -0.334 e. The van der Waals surface area contributed by atoms with Crippen molar-refractivity contribution in [2.24, 2.45) is 7.05 Å². The van der Waals surface area contributed by atoms with Crippen molar-refractivity contribution in [2.75, 3.05) is 0 Å². The largest absolute Gasteiger partial charge is 0.334 e. The van der Waals surface area contributed by atoms with Gasteiger partial charge in [0.15, 0.2) is 5.78 Å². The molecule has 0 saturated carbocycles. The first-order chi connectivity index (χ1) is 12.6. The van der Waals surface area contributed by atoms with E-state index >= 15 is 0 Å². The molecule has 3 heterocycles. The number of carbonyl (C=O) groups is 1. The molecule has 0 N–H and O–H groups in total. The van der Waals surface area contributed by atoms with Gasteiger partial charge in [-0.25, -0.2) is 4.98 Å². The van der Waals surface area contributed by atoms with Gasteiger partial charge in [0.25, 0.3) is 0 Å². The number of aromatic nitrogens is 6. The molecule has 3 aromatic heterocycles. The van der Waals surface area contributed by atoms with Gasteiger partial charge >= 0.3 is 0 Å². The average Bonchev–Trinajstić information content (AvgIpc) is 3.30. The molecule has 0 amide bonds. The summed E-state index contributed by atoms with van der Waals surface area (Å²) in [5.41, 5.74) is 4.11. The average molecular weight is 346 g/mol. The van der Waals surface area contributed by atoms with E-state index in [1.165, 1.54) is 0 Å². The summed E-state index contributed by atoms with van der Waals surface area (Å²) in [4.78, 5) is 16.6. The van der Waals surface area contributed by atoms with Gasteiger partial charge in [0.1, 0.15) is 0 Å². The highest BCUT2D eigenvalue weighted by molar-refractivity contribution is 5.97. The summed E-state index contributed by atoms with van der Waals surface area (Å²) in [5.74, 6) is -0.0128. The van der Waals surface area contributed by atoms with Gasteiger partial charge < -0.3 is 4.57 Å². The fourth-order valence-corrected chi connectivity index (χ4v) is 2.92. The molecule has 26 heavy (non-hydrogen) atoms. The molecule has 130 valence electrons. The Morgan fingerprint density at radius 3 is 2.77 bits per heavy atom. The number of carbonyl (C=O) groups excluding carboxylic acids is 1. The summed E-state index contributed by atoms with van der Waals surface area (Å²) in [7, 11) is 1.96. The Morgan fingerprint density at radius 2 is 2.04 bits per heavy atom. The lowest BCUT2D eigenvalue weighted by atomic mass is 10.1. The molecular weight excluding hydrogens is 328 g/mol. The predicted octanol–water partition coefficient (Wildman–Crippen LogP) is 2.67. The molecule has 4 rings (SSSR count). The minimum absolute atomic E-state index is 0.0128. The van der Waals surface area contributed by atoms with Crippen molar-refractivity contribution < 1.29 is 4.79 Å². The van der Waals surface area contributed by atoms with E-state index in [2.05, 4.69) is 20.3 Å². The maximum atomic E-state index is 12.4. The molecule has 0 radical (unpaired) electrons. The molecular formula is C19H18N6O. The Bertz CT molecular complexity index is 1090. The van der Waals surface area contributed by atoms with Crippen LogP contribution in [0.2, 0.25) is 0 Å². The lowest BCUT2D eigenvalue weighted by Crippen LogP contribution is -2.05. The SMILES string of the molecule is CCn1cc(C(=O)Cc2cc3cc(-c4cncn4C)ccc3nn2)cn1. The summed E-state index contributed by atoms with van der Waals surface area (Å²) in [5, 5.41) is 13.5. The van der Waals surface area contributed by atoms with E-state index in [4.69, 9.17) is 0 Å². The van der Waals surface area contributed by atoms with Crippen molar-refractivity contribution in [1.29, 1.82) is 0 Å². The monoisotopic (exact) mass is 346 g/mol. The summed E-state index contributed by atoms with van der Waals surface area (Å²) < 4.78 is 3.70. The number of rotatable bonds is 5. The van der Waals surface area contributed by atoms with Crippen LogP contribution in [0.25, 0.3) is 22.2 Å². The maximum Gasteiger partial charge on any atom is 0.172 e. The third-order valence-corrected chi connectivity index (χ3v) is 4.37. The van der Waals surface area contributed by atoms with Gasteiger partial charge in [0.05, 0.1) is 47.6 Å². The standard InChI is InChI=1S/C19H18N6O/c1-3-25-11-15(9-21-25)19(26)8-16-7-14-6-13(4-5-17(14)23-22-16)18-10-20-12-24(18)2/h4-7,9-12H,3,8H2,1-2H3. The molecule has 7 nitrogen and oxygen atoms in total. The second kappa shape index (κ2) is 6.51. The zero-order valence-corrected chi connectivity index (χ0v) is 14.6. The van der Waals surface area contributed by atoms with Crippen molar-refractivity contribution in [2.45, 2.75) is 19.9 Å². The highest BCUT2D eigenvalue weighted by Gasteiger charge is 2.12. The third-order valence-electron chi connectivity index (χ3n) is 4.37.